The van der Waals surface area contributed by atoms with Gasteiger partial charge in [-0.15, -0.1) is 10.2 Å². The molecule has 1 fully saturated rings. The number of hydrogen-bond acceptors (Lipinski definition) is 4. The molecule has 0 aliphatic heterocycles. The fourth-order valence-corrected chi connectivity index (χ4v) is 3.22. The van der Waals surface area contributed by atoms with Crippen molar-refractivity contribution >= 4 is 34.0 Å². The number of nitrogens with one attached hydrogen (secondary N) is 1. The molecule has 0 saturated heterocycles. The molecular formula is C14H14ClN3OS. The van der Waals surface area contributed by atoms with Gasteiger partial charge in [-0.3, -0.25) is 10.1 Å². The Hall–Kier alpha value is -1.46. The van der Waals surface area contributed by atoms with Crippen molar-refractivity contribution in [1.82, 2.24) is 10.2 Å². The SMILES string of the molecule is Cc1nnc(NC(=O)C2(c3ccc(Cl)cc3)CCC2)s1. The van der Waals surface area contributed by atoms with E-state index in [1.165, 1.54) is 11.3 Å². The van der Waals surface area contributed by atoms with E-state index in [2.05, 4.69) is 15.5 Å². The Morgan fingerprint density at radius 1 is 1.30 bits per heavy atom. The molecular weight excluding hydrogens is 294 g/mol. The highest BCUT2D eigenvalue weighted by molar-refractivity contribution is 7.15. The summed E-state index contributed by atoms with van der Waals surface area (Å²) in [4.78, 5) is 12.6. The lowest BCUT2D eigenvalue weighted by molar-refractivity contribution is -0.124. The van der Waals surface area contributed by atoms with Crippen LogP contribution < -0.4 is 5.32 Å². The molecule has 1 aliphatic rings. The van der Waals surface area contributed by atoms with Crippen molar-refractivity contribution < 1.29 is 4.79 Å². The van der Waals surface area contributed by atoms with Crippen molar-refractivity contribution in [3.8, 4) is 0 Å². The second-order valence-electron chi connectivity index (χ2n) is 5.02. The predicted molar refractivity (Wildman–Crippen MR) is 80.3 cm³/mol. The van der Waals surface area contributed by atoms with Crippen LogP contribution in [0.3, 0.4) is 0 Å². The van der Waals surface area contributed by atoms with E-state index in [-0.39, 0.29) is 5.91 Å². The van der Waals surface area contributed by atoms with Crippen molar-refractivity contribution in [2.45, 2.75) is 31.6 Å². The van der Waals surface area contributed by atoms with Gasteiger partial charge in [0.2, 0.25) is 11.0 Å². The smallest absolute Gasteiger partial charge is 0.236 e. The number of rotatable bonds is 3. The molecule has 1 heterocycles. The lowest BCUT2D eigenvalue weighted by Crippen LogP contribution is -2.45. The predicted octanol–water partition coefficient (Wildman–Crippen LogP) is 3.56. The van der Waals surface area contributed by atoms with Gasteiger partial charge in [-0.2, -0.15) is 0 Å². The van der Waals surface area contributed by atoms with Gasteiger partial charge in [-0.05, 0) is 37.5 Å². The van der Waals surface area contributed by atoms with Gasteiger partial charge < -0.3 is 0 Å². The Morgan fingerprint density at radius 2 is 2.00 bits per heavy atom. The van der Waals surface area contributed by atoms with Gasteiger partial charge in [0.1, 0.15) is 5.01 Å². The number of aryl methyl sites for hydroxylation is 1. The number of amides is 1. The monoisotopic (exact) mass is 307 g/mol. The van der Waals surface area contributed by atoms with Crippen molar-refractivity contribution in [2.75, 3.05) is 5.32 Å². The van der Waals surface area contributed by atoms with E-state index in [9.17, 15) is 4.79 Å². The molecule has 1 saturated carbocycles. The highest BCUT2D eigenvalue weighted by Crippen LogP contribution is 2.44. The molecule has 1 aromatic heterocycles. The average Bonchev–Trinajstić information content (AvgIpc) is 2.76. The summed E-state index contributed by atoms with van der Waals surface area (Å²) in [5.41, 5.74) is 0.580. The van der Waals surface area contributed by atoms with Crippen LogP contribution in [-0.4, -0.2) is 16.1 Å². The van der Waals surface area contributed by atoms with Gasteiger partial charge in [-0.25, -0.2) is 0 Å². The Bertz CT molecular complexity index is 634. The molecule has 0 unspecified atom stereocenters. The number of carbonyl (C=O) groups excluding carboxylic acids is 1. The zero-order valence-corrected chi connectivity index (χ0v) is 12.6. The van der Waals surface area contributed by atoms with E-state index in [1.807, 2.05) is 31.2 Å². The van der Waals surface area contributed by atoms with Gasteiger partial charge in [0.15, 0.2) is 0 Å². The summed E-state index contributed by atoms with van der Waals surface area (Å²) in [5.74, 6) is 0.00206. The highest BCUT2D eigenvalue weighted by Gasteiger charge is 2.45. The van der Waals surface area contributed by atoms with E-state index >= 15 is 0 Å². The molecule has 20 heavy (non-hydrogen) atoms. The lowest BCUT2D eigenvalue weighted by atomic mass is 9.64. The summed E-state index contributed by atoms with van der Waals surface area (Å²) in [6.07, 6.45) is 2.78. The summed E-state index contributed by atoms with van der Waals surface area (Å²) in [6, 6.07) is 7.54. The number of aromatic nitrogens is 2. The van der Waals surface area contributed by atoms with Gasteiger partial charge in [-0.1, -0.05) is 41.5 Å². The standard InChI is InChI=1S/C14H14ClN3OS/c1-9-17-18-13(20-9)16-12(19)14(7-2-8-14)10-3-5-11(15)6-4-10/h3-6H,2,7-8H2,1H3,(H,16,18,19). The zero-order chi connectivity index (χ0) is 14.2. The van der Waals surface area contributed by atoms with Crippen LogP contribution in [0.2, 0.25) is 5.02 Å². The second kappa shape index (κ2) is 5.14. The Balaban J connectivity index is 1.85. The summed E-state index contributed by atoms with van der Waals surface area (Å²) < 4.78 is 0. The molecule has 1 amide bonds. The van der Waals surface area contributed by atoms with Gasteiger partial charge in [0.05, 0.1) is 5.41 Å². The van der Waals surface area contributed by atoms with Crippen LogP contribution in [-0.2, 0) is 10.2 Å². The normalized spacial score (nSPS) is 16.5. The van der Waals surface area contributed by atoms with Crippen LogP contribution in [0.1, 0.15) is 29.8 Å². The topological polar surface area (TPSA) is 54.9 Å². The molecule has 0 spiro atoms. The molecule has 0 atom stereocenters. The summed E-state index contributed by atoms with van der Waals surface area (Å²) in [5, 5.41) is 12.8. The average molecular weight is 308 g/mol. The Labute approximate surface area is 126 Å². The third-order valence-corrected chi connectivity index (χ3v) is 4.79. The third kappa shape index (κ3) is 2.31. The molecule has 104 valence electrons. The van der Waals surface area contributed by atoms with E-state index in [0.29, 0.717) is 10.2 Å². The van der Waals surface area contributed by atoms with Crippen molar-refractivity contribution in [1.29, 1.82) is 0 Å². The minimum atomic E-state index is -0.440. The molecule has 2 aromatic rings. The van der Waals surface area contributed by atoms with Gasteiger partial charge in [0.25, 0.3) is 0 Å². The quantitative estimate of drug-likeness (QED) is 0.943. The first-order valence-corrected chi connectivity index (χ1v) is 7.67. The first-order chi connectivity index (χ1) is 9.60. The van der Waals surface area contributed by atoms with Crippen LogP contribution in [0.5, 0.6) is 0 Å². The number of benzene rings is 1. The molecule has 0 bridgehead atoms. The largest absolute Gasteiger partial charge is 0.300 e. The number of nitrogens with zero attached hydrogens (tertiary/aromatic N) is 2. The molecule has 3 rings (SSSR count). The fourth-order valence-electron chi connectivity index (χ4n) is 2.51. The van der Waals surface area contributed by atoms with Crippen molar-refractivity contribution in [2.24, 2.45) is 0 Å². The van der Waals surface area contributed by atoms with Crippen LogP contribution in [0.25, 0.3) is 0 Å². The van der Waals surface area contributed by atoms with Gasteiger partial charge in [0, 0.05) is 5.02 Å². The van der Waals surface area contributed by atoms with Crippen LogP contribution in [0, 0.1) is 6.92 Å². The third-order valence-electron chi connectivity index (χ3n) is 3.79. The molecule has 0 radical (unpaired) electrons. The minimum Gasteiger partial charge on any atom is -0.300 e. The highest BCUT2D eigenvalue weighted by atomic mass is 35.5. The molecule has 1 aromatic carbocycles. The lowest BCUT2D eigenvalue weighted by Gasteiger charge is -2.40. The summed E-state index contributed by atoms with van der Waals surface area (Å²) >= 11 is 7.31. The van der Waals surface area contributed by atoms with E-state index in [4.69, 9.17) is 11.6 Å². The number of halogens is 1. The van der Waals surface area contributed by atoms with Crippen molar-refractivity contribution in [3.63, 3.8) is 0 Å². The second-order valence-corrected chi connectivity index (χ2v) is 6.64. The summed E-state index contributed by atoms with van der Waals surface area (Å²) in [7, 11) is 0. The molecule has 1 aliphatic carbocycles. The summed E-state index contributed by atoms with van der Waals surface area (Å²) in [6.45, 7) is 1.87. The zero-order valence-electron chi connectivity index (χ0n) is 11.0. The first kappa shape index (κ1) is 13.5. The van der Waals surface area contributed by atoms with Crippen LogP contribution in [0.15, 0.2) is 24.3 Å². The fraction of sp³-hybridized carbons (Fsp3) is 0.357. The Kier molecular flexibility index (Phi) is 3.48. The molecule has 1 N–H and O–H groups in total. The van der Waals surface area contributed by atoms with E-state index in [1.54, 1.807) is 0 Å². The number of hydrogen-bond donors (Lipinski definition) is 1. The minimum absolute atomic E-state index is 0.00206. The number of carbonyl (C=O) groups is 1. The molecule has 6 heteroatoms. The first-order valence-electron chi connectivity index (χ1n) is 6.48. The maximum absolute atomic E-state index is 12.6. The van der Waals surface area contributed by atoms with Crippen molar-refractivity contribution in [3.05, 3.63) is 39.9 Å². The Morgan fingerprint density at radius 3 is 2.50 bits per heavy atom. The van der Waals surface area contributed by atoms with E-state index < -0.39 is 5.41 Å². The maximum Gasteiger partial charge on any atom is 0.236 e. The van der Waals surface area contributed by atoms with Gasteiger partial charge >= 0.3 is 0 Å². The van der Waals surface area contributed by atoms with E-state index in [0.717, 1.165) is 29.8 Å². The van der Waals surface area contributed by atoms with Crippen LogP contribution >= 0.6 is 22.9 Å². The van der Waals surface area contributed by atoms with Crippen LogP contribution in [0.4, 0.5) is 5.13 Å². The maximum atomic E-state index is 12.6. The molecule has 4 nitrogen and oxygen atoms in total. The number of anilines is 1.